The molecule has 0 saturated heterocycles. The van der Waals surface area contributed by atoms with Crippen LogP contribution in [0.25, 0.3) is 0 Å². The van der Waals surface area contributed by atoms with Gasteiger partial charge in [0.2, 0.25) is 0 Å². The molecule has 2 N–H and O–H groups in total. The Hall–Kier alpha value is -1.22. The van der Waals surface area contributed by atoms with E-state index in [0.717, 1.165) is 30.8 Å². The molecule has 1 aromatic carbocycles. The second kappa shape index (κ2) is 8.05. The molecule has 0 radical (unpaired) electrons. The highest BCUT2D eigenvalue weighted by molar-refractivity contribution is 5.39. The summed E-state index contributed by atoms with van der Waals surface area (Å²) in [7, 11) is 1.66. The first-order chi connectivity index (χ1) is 9.15. The largest absolute Gasteiger partial charge is 0.493 e. The van der Waals surface area contributed by atoms with Crippen LogP contribution in [0, 0.1) is 0 Å². The van der Waals surface area contributed by atoms with Gasteiger partial charge < -0.3 is 15.2 Å². The van der Waals surface area contributed by atoms with Crippen LogP contribution in [0.2, 0.25) is 0 Å². The van der Waals surface area contributed by atoms with E-state index < -0.39 is 0 Å². The highest BCUT2D eigenvalue weighted by atomic mass is 16.5. The third-order valence-electron chi connectivity index (χ3n) is 3.66. The number of para-hydroxylation sites is 2. The van der Waals surface area contributed by atoms with Gasteiger partial charge in [-0.25, -0.2) is 0 Å². The zero-order valence-electron chi connectivity index (χ0n) is 12.4. The Morgan fingerprint density at radius 3 is 2.37 bits per heavy atom. The van der Waals surface area contributed by atoms with Crippen molar-refractivity contribution in [1.29, 1.82) is 0 Å². The van der Waals surface area contributed by atoms with Crippen LogP contribution in [0.5, 0.6) is 11.5 Å². The van der Waals surface area contributed by atoms with Crippen molar-refractivity contribution in [2.24, 2.45) is 5.73 Å². The lowest BCUT2D eigenvalue weighted by Crippen LogP contribution is -2.40. The summed E-state index contributed by atoms with van der Waals surface area (Å²) in [5.41, 5.74) is 6.31. The zero-order valence-corrected chi connectivity index (χ0v) is 12.4. The zero-order chi connectivity index (χ0) is 14.1. The van der Waals surface area contributed by atoms with Gasteiger partial charge in [-0.1, -0.05) is 38.8 Å². The first-order valence-electron chi connectivity index (χ1n) is 7.20. The van der Waals surface area contributed by atoms with Gasteiger partial charge in [-0.15, -0.1) is 0 Å². The van der Waals surface area contributed by atoms with Gasteiger partial charge in [0.1, 0.15) is 0 Å². The summed E-state index contributed by atoms with van der Waals surface area (Å²) in [6, 6.07) is 7.72. The van der Waals surface area contributed by atoms with Gasteiger partial charge >= 0.3 is 0 Å². The number of hydrogen-bond acceptors (Lipinski definition) is 3. The quantitative estimate of drug-likeness (QED) is 0.739. The van der Waals surface area contributed by atoms with Gasteiger partial charge in [0.25, 0.3) is 0 Å². The lowest BCUT2D eigenvalue weighted by molar-refractivity contribution is 0.233. The molecule has 1 aromatic rings. The van der Waals surface area contributed by atoms with Crippen LogP contribution in [0.1, 0.15) is 46.0 Å². The average molecular weight is 265 g/mol. The molecule has 108 valence electrons. The number of benzene rings is 1. The minimum atomic E-state index is -0.0992. The van der Waals surface area contributed by atoms with Crippen molar-refractivity contribution in [3.8, 4) is 11.5 Å². The van der Waals surface area contributed by atoms with E-state index in [0.29, 0.717) is 6.61 Å². The van der Waals surface area contributed by atoms with Gasteiger partial charge in [0.15, 0.2) is 11.5 Å². The van der Waals surface area contributed by atoms with Gasteiger partial charge in [-0.2, -0.15) is 0 Å². The molecule has 0 bridgehead atoms. The monoisotopic (exact) mass is 265 g/mol. The predicted octanol–water partition coefficient (Wildman–Crippen LogP) is 3.76. The molecule has 3 nitrogen and oxygen atoms in total. The third-order valence-corrected chi connectivity index (χ3v) is 3.66. The van der Waals surface area contributed by atoms with E-state index in [1.54, 1.807) is 7.11 Å². The SMILES string of the molecule is CCCCC(N)(CC)CCOc1ccccc1OC. The van der Waals surface area contributed by atoms with Crippen LogP contribution in [0.4, 0.5) is 0 Å². The molecule has 0 heterocycles. The molecule has 0 aliphatic heterocycles. The van der Waals surface area contributed by atoms with E-state index in [9.17, 15) is 0 Å². The van der Waals surface area contributed by atoms with Gasteiger partial charge in [-0.3, -0.25) is 0 Å². The number of hydrogen-bond donors (Lipinski definition) is 1. The predicted molar refractivity (Wildman–Crippen MR) is 79.8 cm³/mol. The summed E-state index contributed by atoms with van der Waals surface area (Å²) < 4.78 is 11.1. The first kappa shape index (κ1) is 15.8. The van der Waals surface area contributed by atoms with E-state index in [-0.39, 0.29) is 5.54 Å². The van der Waals surface area contributed by atoms with Crippen LogP contribution in [-0.2, 0) is 0 Å². The molecular weight excluding hydrogens is 238 g/mol. The topological polar surface area (TPSA) is 44.5 Å². The van der Waals surface area contributed by atoms with Crippen molar-refractivity contribution < 1.29 is 9.47 Å². The highest BCUT2D eigenvalue weighted by Gasteiger charge is 2.22. The summed E-state index contributed by atoms with van der Waals surface area (Å²) in [4.78, 5) is 0. The van der Waals surface area contributed by atoms with Crippen LogP contribution in [0.3, 0.4) is 0 Å². The molecule has 1 rings (SSSR count). The molecule has 0 aliphatic rings. The first-order valence-corrected chi connectivity index (χ1v) is 7.20. The Bertz CT molecular complexity index is 368. The van der Waals surface area contributed by atoms with Crippen molar-refractivity contribution in [2.45, 2.75) is 51.5 Å². The lowest BCUT2D eigenvalue weighted by Gasteiger charge is -2.28. The van der Waals surface area contributed by atoms with Crippen LogP contribution >= 0.6 is 0 Å². The Kier molecular flexibility index (Phi) is 6.71. The smallest absolute Gasteiger partial charge is 0.161 e. The van der Waals surface area contributed by atoms with Gasteiger partial charge in [0, 0.05) is 5.54 Å². The van der Waals surface area contributed by atoms with Crippen LogP contribution < -0.4 is 15.2 Å². The van der Waals surface area contributed by atoms with Crippen molar-refractivity contribution in [3.05, 3.63) is 24.3 Å². The summed E-state index contributed by atoms with van der Waals surface area (Å²) in [6.07, 6.45) is 5.30. The molecule has 3 heteroatoms. The third kappa shape index (κ3) is 5.11. The number of ether oxygens (including phenoxy) is 2. The van der Waals surface area contributed by atoms with Crippen molar-refractivity contribution >= 4 is 0 Å². The number of methoxy groups -OCH3 is 1. The summed E-state index contributed by atoms with van der Waals surface area (Å²) in [5.74, 6) is 1.56. The second-order valence-corrected chi connectivity index (χ2v) is 5.07. The summed E-state index contributed by atoms with van der Waals surface area (Å²) >= 11 is 0. The van der Waals surface area contributed by atoms with E-state index in [2.05, 4.69) is 13.8 Å². The highest BCUT2D eigenvalue weighted by Crippen LogP contribution is 2.27. The summed E-state index contributed by atoms with van der Waals surface area (Å²) in [5, 5.41) is 0. The Balaban J connectivity index is 2.47. The molecule has 1 unspecified atom stereocenters. The van der Waals surface area contributed by atoms with Crippen molar-refractivity contribution in [1.82, 2.24) is 0 Å². The minimum Gasteiger partial charge on any atom is -0.493 e. The van der Waals surface area contributed by atoms with Crippen molar-refractivity contribution in [2.75, 3.05) is 13.7 Å². The fourth-order valence-corrected chi connectivity index (χ4v) is 2.11. The molecule has 0 amide bonds. The average Bonchev–Trinajstić information content (AvgIpc) is 2.45. The maximum absolute atomic E-state index is 6.41. The Morgan fingerprint density at radius 1 is 1.11 bits per heavy atom. The maximum Gasteiger partial charge on any atom is 0.161 e. The number of nitrogens with two attached hydrogens (primary N) is 1. The van der Waals surface area contributed by atoms with E-state index in [1.807, 2.05) is 24.3 Å². The minimum absolute atomic E-state index is 0.0992. The molecule has 0 saturated carbocycles. The Labute approximate surface area is 117 Å². The van der Waals surface area contributed by atoms with Crippen molar-refractivity contribution in [3.63, 3.8) is 0 Å². The summed E-state index contributed by atoms with van der Waals surface area (Å²) in [6.45, 7) is 4.98. The molecule has 0 aliphatic carbocycles. The molecule has 0 fully saturated rings. The molecular formula is C16H27NO2. The number of unbranched alkanes of at least 4 members (excludes halogenated alkanes) is 1. The van der Waals surface area contributed by atoms with E-state index in [4.69, 9.17) is 15.2 Å². The normalized spacial score (nSPS) is 13.9. The standard InChI is InChI=1S/C16H27NO2/c1-4-6-11-16(17,5-2)12-13-19-15-10-8-7-9-14(15)18-3/h7-10H,4-6,11-13,17H2,1-3H3. The van der Waals surface area contributed by atoms with Crippen LogP contribution in [-0.4, -0.2) is 19.3 Å². The number of rotatable bonds is 9. The van der Waals surface area contributed by atoms with Gasteiger partial charge in [-0.05, 0) is 31.4 Å². The lowest BCUT2D eigenvalue weighted by atomic mass is 9.88. The van der Waals surface area contributed by atoms with E-state index in [1.165, 1.54) is 12.8 Å². The van der Waals surface area contributed by atoms with Crippen LogP contribution in [0.15, 0.2) is 24.3 Å². The molecule has 19 heavy (non-hydrogen) atoms. The maximum atomic E-state index is 6.41. The van der Waals surface area contributed by atoms with Gasteiger partial charge in [0.05, 0.1) is 13.7 Å². The fraction of sp³-hybridized carbons (Fsp3) is 0.625. The molecule has 1 atom stereocenters. The molecule has 0 spiro atoms. The molecule has 0 aromatic heterocycles. The second-order valence-electron chi connectivity index (χ2n) is 5.07. The van der Waals surface area contributed by atoms with E-state index >= 15 is 0 Å². The Morgan fingerprint density at radius 2 is 1.79 bits per heavy atom. The fourth-order valence-electron chi connectivity index (χ4n) is 2.11.